The zero-order valence-electron chi connectivity index (χ0n) is 14.8. The second-order valence-electron chi connectivity index (χ2n) is 6.80. The molecule has 142 valence electrons. The highest BCUT2D eigenvalue weighted by Gasteiger charge is 2.32. The van der Waals surface area contributed by atoms with Crippen molar-refractivity contribution in [1.82, 2.24) is 30.1 Å². The number of nitro benzene ring substituents is 1. The Morgan fingerprint density at radius 3 is 2.85 bits per heavy atom. The minimum absolute atomic E-state index is 0.0331. The van der Waals surface area contributed by atoms with Crippen LogP contribution >= 0.6 is 0 Å². The lowest BCUT2D eigenvalue weighted by Crippen LogP contribution is -2.49. The van der Waals surface area contributed by atoms with Crippen molar-refractivity contribution in [1.29, 1.82) is 0 Å². The Balaban J connectivity index is 1.44. The third kappa shape index (κ3) is 3.67. The standard InChI is InChI=1S/C17H21N7O3/c25-17(22-7-4-15(11-22)21-8-5-18-6-9-21)16-12-23(20-19-16)13-2-1-3-14(10-13)24(26)27/h1-3,10,12,15,18H,4-9,11H2. The molecule has 1 atom stereocenters. The van der Waals surface area contributed by atoms with Gasteiger partial charge in [-0.15, -0.1) is 5.10 Å². The van der Waals surface area contributed by atoms with Gasteiger partial charge in [-0.3, -0.25) is 19.8 Å². The number of amides is 1. The van der Waals surface area contributed by atoms with Gasteiger partial charge in [0.1, 0.15) is 0 Å². The number of hydrogen-bond acceptors (Lipinski definition) is 7. The first-order chi connectivity index (χ1) is 13.1. The molecule has 27 heavy (non-hydrogen) atoms. The molecule has 10 heteroatoms. The Morgan fingerprint density at radius 1 is 1.26 bits per heavy atom. The molecule has 1 amide bonds. The van der Waals surface area contributed by atoms with Crippen LogP contribution in [0, 0.1) is 10.1 Å². The van der Waals surface area contributed by atoms with Crippen LogP contribution in [-0.2, 0) is 0 Å². The predicted octanol–water partition coefficient (Wildman–Crippen LogP) is 0.295. The molecule has 2 aliphatic heterocycles. The monoisotopic (exact) mass is 371 g/mol. The van der Waals surface area contributed by atoms with Gasteiger partial charge in [-0.1, -0.05) is 11.3 Å². The normalized spacial score (nSPS) is 20.7. The van der Waals surface area contributed by atoms with Gasteiger partial charge in [0.15, 0.2) is 5.69 Å². The summed E-state index contributed by atoms with van der Waals surface area (Å²) in [5.74, 6) is -0.149. The molecule has 0 radical (unpaired) electrons. The summed E-state index contributed by atoms with van der Waals surface area (Å²) in [4.78, 5) is 27.5. The Bertz CT molecular complexity index is 847. The third-order valence-corrected chi connectivity index (χ3v) is 5.14. The molecule has 2 fully saturated rings. The summed E-state index contributed by atoms with van der Waals surface area (Å²) in [5, 5.41) is 22.2. The van der Waals surface area contributed by atoms with Crippen LogP contribution < -0.4 is 5.32 Å². The number of carbonyl (C=O) groups excluding carboxylic acids is 1. The predicted molar refractivity (Wildman–Crippen MR) is 96.8 cm³/mol. The van der Waals surface area contributed by atoms with Crippen LogP contribution in [0.3, 0.4) is 0 Å². The van der Waals surface area contributed by atoms with E-state index >= 15 is 0 Å². The number of nitro groups is 1. The summed E-state index contributed by atoms with van der Waals surface area (Å²) in [5.41, 5.74) is 0.715. The fraction of sp³-hybridized carbons (Fsp3) is 0.471. The highest BCUT2D eigenvalue weighted by molar-refractivity contribution is 5.92. The summed E-state index contributed by atoms with van der Waals surface area (Å²) in [6.45, 7) is 5.40. The average Bonchev–Trinajstić information content (AvgIpc) is 3.38. The first kappa shape index (κ1) is 17.6. The van der Waals surface area contributed by atoms with Crippen LogP contribution in [0.4, 0.5) is 5.69 Å². The molecule has 10 nitrogen and oxygen atoms in total. The number of aromatic nitrogens is 3. The third-order valence-electron chi connectivity index (χ3n) is 5.14. The summed E-state index contributed by atoms with van der Waals surface area (Å²) < 4.78 is 1.39. The van der Waals surface area contributed by atoms with E-state index in [1.807, 2.05) is 4.90 Å². The number of nitrogens with one attached hydrogen (secondary N) is 1. The van der Waals surface area contributed by atoms with E-state index in [-0.39, 0.29) is 17.3 Å². The molecule has 0 spiro atoms. The van der Waals surface area contributed by atoms with Crippen LogP contribution in [0.25, 0.3) is 5.69 Å². The van der Waals surface area contributed by atoms with Gasteiger partial charge in [-0.2, -0.15) is 0 Å². The summed E-state index contributed by atoms with van der Waals surface area (Å²) in [7, 11) is 0. The van der Waals surface area contributed by atoms with Crippen LogP contribution in [-0.4, -0.2) is 80.9 Å². The van der Waals surface area contributed by atoms with Gasteiger partial charge >= 0.3 is 0 Å². The number of likely N-dealkylation sites (tertiary alicyclic amines) is 1. The molecular formula is C17H21N7O3. The Labute approximate surface area is 155 Å². The fourth-order valence-corrected chi connectivity index (χ4v) is 3.67. The zero-order valence-corrected chi connectivity index (χ0v) is 14.8. The van der Waals surface area contributed by atoms with Gasteiger partial charge in [-0.05, 0) is 12.5 Å². The van der Waals surface area contributed by atoms with Gasteiger partial charge in [-0.25, -0.2) is 4.68 Å². The molecule has 0 saturated carbocycles. The van der Waals surface area contributed by atoms with Gasteiger partial charge in [0, 0.05) is 57.4 Å². The Hall–Kier alpha value is -2.85. The van der Waals surface area contributed by atoms with Crippen molar-refractivity contribution in [2.75, 3.05) is 39.3 Å². The van der Waals surface area contributed by atoms with E-state index in [0.29, 0.717) is 24.8 Å². The van der Waals surface area contributed by atoms with E-state index in [4.69, 9.17) is 0 Å². The van der Waals surface area contributed by atoms with E-state index in [9.17, 15) is 14.9 Å². The minimum Gasteiger partial charge on any atom is -0.336 e. The number of non-ortho nitro benzene ring substituents is 1. The largest absolute Gasteiger partial charge is 0.336 e. The topological polar surface area (TPSA) is 109 Å². The first-order valence-corrected chi connectivity index (χ1v) is 9.03. The Kier molecular flexibility index (Phi) is 4.82. The number of nitrogens with zero attached hydrogens (tertiary/aromatic N) is 6. The number of hydrogen-bond donors (Lipinski definition) is 1. The SMILES string of the molecule is O=C(c1cn(-c2cccc([N+](=O)[O-])c2)nn1)N1CCC(N2CCNCC2)C1. The molecule has 4 rings (SSSR count). The second-order valence-corrected chi connectivity index (χ2v) is 6.80. The van der Waals surface area contributed by atoms with Crippen molar-refractivity contribution in [3.63, 3.8) is 0 Å². The second kappa shape index (κ2) is 7.41. The molecule has 0 aliphatic carbocycles. The van der Waals surface area contributed by atoms with E-state index in [2.05, 4.69) is 20.5 Å². The molecule has 0 bridgehead atoms. The van der Waals surface area contributed by atoms with Gasteiger partial charge in [0.05, 0.1) is 16.8 Å². The molecule has 1 aromatic carbocycles. The molecule has 1 unspecified atom stereocenters. The Morgan fingerprint density at radius 2 is 2.07 bits per heavy atom. The average molecular weight is 371 g/mol. The highest BCUT2D eigenvalue weighted by Crippen LogP contribution is 2.19. The maximum Gasteiger partial charge on any atom is 0.276 e. The molecule has 1 aromatic heterocycles. The number of carbonyl (C=O) groups is 1. The molecule has 1 N–H and O–H groups in total. The van der Waals surface area contributed by atoms with Crippen molar-refractivity contribution >= 4 is 11.6 Å². The van der Waals surface area contributed by atoms with E-state index in [1.54, 1.807) is 12.1 Å². The first-order valence-electron chi connectivity index (χ1n) is 9.03. The fourth-order valence-electron chi connectivity index (χ4n) is 3.67. The molecular weight excluding hydrogens is 350 g/mol. The van der Waals surface area contributed by atoms with Crippen LogP contribution in [0.5, 0.6) is 0 Å². The van der Waals surface area contributed by atoms with Gasteiger partial charge in [0.25, 0.3) is 11.6 Å². The lowest BCUT2D eigenvalue weighted by molar-refractivity contribution is -0.384. The molecule has 2 aromatic rings. The van der Waals surface area contributed by atoms with Crippen molar-refractivity contribution < 1.29 is 9.72 Å². The van der Waals surface area contributed by atoms with Gasteiger partial charge in [0.2, 0.25) is 0 Å². The number of rotatable bonds is 4. The summed E-state index contributed by atoms with van der Waals surface area (Å²) in [6, 6.07) is 6.47. The summed E-state index contributed by atoms with van der Waals surface area (Å²) >= 11 is 0. The maximum atomic E-state index is 12.8. The minimum atomic E-state index is -0.465. The van der Waals surface area contributed by atoms with Crippen molar-refractivity contribution in [3.05, 3.63) is 46.3 Å². The lowest BCUT2D eigenvalue weighted by atomic mass is 10.2. The van der Waals surface area contributed by atoms with Crippen molar-refractivity contribution in [2.24, 2.45) is 0 Å². The van der Waals surface area contributed by atoms with E-state index in [0.717, 1.165) is 32.6 Å². The lowest BCUT2D eigenvalue weighted by Gasteiger charge is -2.32. The van der Waals surface area contributed by atoms with Crippen molar-refractivity contribution in [2.45, 2.75) is 12.5 Å². The molecule has 2 saturated heterocycles. The summed E-state index contributed by atoms with van der Waals surface area (Å²) in [6.07, 6.45) is 2.49. The van der Waals surface area contributed by atoms with Crippen LogP contribution in [0.15, 0.2) is 30.5 Å². The molecule has 3 heterocycles. The quantitative estimate of drug-likeness (QED) is 0.608. The smallest absolute Gasteiger partial charge is 0.276 e. The van der Waals surface area contributed by atoms with Crippen molar-refractivity contribution in [3.8, 4) is 5.69 Å². The van der Waals surface area contributed by atoms with E-state index in [1.165, 1.54) is 23.0 Å². The number of benzene rings is 1. The van der Waals surface area contributed by atoms with Crippen LogP contribution in [0.1, 0.15) is 16.9 Å². The van der Waals surface area contributed by atoms with E-state index < -0.39 is 4.92 Å². The maximum absolute atomic E-state index is 12.8. The van der Waals surface area contributed by atoms with Crippen LogP contribution in [0.2, 0.25) is 0 Å². The van der Waals surface area contributed by atoms with Gasteiger partial charge < -0.3 is 10.2 Å². The zero-order chi connectivity index (χ0) is 18.8. The molecule has 2 aliphatic rings. The number of piperazine rings is 1. The highest BCUT2D eigenvalue weighted by atomic mass is 16.6.